The zero-order valence-electron chi connectivity index (χ0n) is 12.0. The number of hydrogen-bond donors (Lipinski definition) is 2. The average Bonchev–Trinajstić information content (AvgIpc) is 2.46. The minimum atomic E-state index is -1.03. The van der Waals surface area contributed by atoms with Crippen molar-refractivity contribution in [2.75, 3.05) is 11.9 Å². The Labute approximate surface area is 124 Å². The van der Waals surface area contributed by atoms with Gasteiger partial charge in [-0.25, -0.2) is 4.79 Å². The highest BCUT2D eigenvalue weighted by atomic mass is 16.5. The topological polar surface area (TPSA) is 75.6 Å². The number of carboxylic acids is 1. The van der Waals surface area contributed by atoms with E-state index in [1.165, 1.54) is 19.3 Å². The molecule has 0 atom stereocenters. The molecular formula is C16H21NO4. The van der Waals surface area contributed by atoms with Gasteiger partial charge in [0.25, 0.3) is 0 Å². The van der Waals surface area contributed by atoms with Crippen molar-refractivity contribution in [2.24, 2.45) is 5.92 Å². The molecule has 0 aliphatic heterocycles. The zero-order valence-corrected chi connectivity index (χ0v) is 12.0. The van der Waals surface area contributed by atoms with Crippen molar-refractivity contribution in [1.82, 2.24) is 0 Å². The predicted octanol–water partition coefficient (Wildman–Crippen LogP) is 3.06. The number of ether oxygens (including phenoxy) is 1. The molecular weight excluding hydrogens is 270 g/mol. The normalized spacial score (nSPS) is 15.4. The fourth-order valence-corrected chi connectivity index (χ4v) is 2.67. The lowest BCUT2D eigenvalue weighted by Crippen LogP contribution is -2.18. The molecule has 1 aromatic rings. The maximum Gasteiger partial charge on any atom is 0.341 e. The second-order valence-electron chi connectivity index (χ2n) is 5.47. The Hall–Kier alpha value is -2.04. The molecule has 0 saturated heterocycles. The van der Waals surface area contributed by atoms with Crippen LogP contribution in [0.1, 0.15) is 38.5 Å². The maximum atomic E-state index is 12.0. The molecule has 0 unspecified atom stereocenters. The van der Waals surface area contributed by atoms with Gasteiger partial charge < -0.3 is 15.2 Å². The maximum absolute atomic E-state index is 12.0. The first-order chi connectivity index (χ1) is 10.1. The first-order valence-electron chi connectivity index (χ1n) is 7.38. The van der Waals surface area contributed by atoms with E-state index in [-0.39, 0.29) is 12.5 Å². The zero-order chi connectivity index (χ0) is 15.1. The lowest BCUT2D eigenvalue weighted by atomic mass is 9.87. The molecule has 1 fully saturated rings. The van der Waals surface area contributed by atoms with Gasteiger partial charge in [-0.2, -0.15) is 0 Å². The van der Waals surface area contributed by atoms with Crippen LogP contribution in [0.15, 0.2) is 24.3 Å². The highest BCUT2D eigenvalue weighted by Gasteiger charge is 2.17. The van der Waals surface area contributed by atoms with Gasteiger partial charge in [-0.15, -0.1) is 0 Å². The standard InChI is InChI=1S/C16H21NO4/c18-15(9-12-5-2-1-3-6-12)17-13-7-4-8-14(10-13)21-11-16(19)20/h4,7-8,10,12H,1-3,5-6,9,11H2,(H,17,18)(H,19,20). The Morgan fingerprint density at radius 2 is 2.00 bits per heavy atom. The van der Waals surface area contributed by atoms with Crippen LogP contribution < -0.4 is 10.1 Å². The first kappa shape index (κ1) is 15.4. The molecule has 0 spiro atoms. The van der Waals surface area contributed by atoms with Gasteiger partial charge >= 0.3 is 5.97 Å². The minimum absolute atomic E-state index is 0.0114. The minimum Gasteiger partial charge on any atom is -0.482 e. The molecule has 2 rings (SSSR count). The van der Waals surface area contributed by atoms with Crippen molar-refractivity contribution in [3.63, 3.8) is 0 Å². The Morgan fingerprint density at radius 1 is 1.24 bits per heavy atom. The highest BCUT2D eigenvalue weighted by molar-refractivity contribution is 5.91. The molecule has 114 valence electrons. The first-order valence-corrected chi connectivity index (χ1v) is 7.38. The van der Waals surface area contributed by atoms with E-state index in [9.17, 15) is 9.59 Å². The van der Waals surface area contributed by atoms with Crippen LogP contribution in [0.25, 0.3) is 0 Å². The summed E-state index contributed by atoms with van der Waals surface area (Å²) in [7, 11) is 0. The summed E-state index contributed by atoms with van der Waals surface area (Å²) in [5, 5.41) is 11.4. The number of carboxylic acid groups (broad SMARTS) is 1. The van der Waals surface area contributed by atoms with E-state index in [2.05, 4.69) is 5.32 Å². The van der Waals surface area contributed by atoms with Crippen molar-refractivity contribution in [1.29, 1.82) is 0 Å². The molecule has 0 heterocycles. The largest absolute Gasteiger partial charge is 0.482 e. The lowest BCUT2D eigenvalue weighted by molar-refractivity contribution is -0.139. The summed E-state index contributed by atoms with van der Waals surface area (Å²) in [6.07, 6.45) is 6.54. The third kappa shape index (κ3) is 5.45. The third-order valence-corrected chi connectivity index (χ3v) is 3.68. The molecule has 1 aliphatic rings. The van der Waals surface area contributed by atoms with Crippen LogP contribution in [-0.2, 0) is 9.59 Å². The molecule has 1 amide bonds. The van der Waals surface area contributed by atoms with Crippen LogP contribution in [0.3, 0.4) is 0 Å². The number of carbonyl (C=O) groups is 2. The summed E-state index contributed by atoms with van der Waals surface area (Å²) in [6.45, 7) is -0.389. The van der Waals surface area contributed by atoms with Crippen molar-refractivity contribution in [3.8, 4) is 5.75 Å². The number of aliphatic carboxylic acids is 1. The molecule has 5 heteroatoms. The van der Waals surface area contributed by atoms with Crippen molar-refractivity contribution >= 4 is 17.6 Å². The smallest absolute Gasteiger partial charge is 0.341 e. The molecule has 21 heavy (non-hydrogen) atoms. The van der Waals surface area contributed by atoms with Gasteiger partial charge in [0, 0.05) is 18.2 Å². The van der Waals surface area contributed by atoms with Gasteiger partial charge in [0.1, 0.15) is 5.75 Å². The summed E-state index contributed by atoms with van der Waals surface area (Å²) < 4.78 is 5.09. The number of hydrogen-bond acceptors (Lipinski definition) is 3. The molecule has 0 aromatic heterocycles. The van der Waals surface area contributed by atoms with Crippen LogP contribution in [0.5, 0.6) is 5.75 Å². The summed E-state index contributed by atoms with van der Waals surface area (Å²) in [4.78, 5) is 22.5. The summed E-state index contributed by atoms with van der Waals surface area (Å²) in [5.41, 5.74) is 0.638. The average molecular weight is 291 g/mol. The van der Waals surface area contributed by atoms with E-state index in [0.717, 1.165) is 12.8 Å². The molecule has 2 N–H and O–H groups in total. The van der Waals surface area contributed by atoms with E-state index in [4.69, 9.17) is 9.84 Å². The highest BCUT2D eigenvalue weighted by Crippen LogP contribution is 2.27. The molecule has 1 saturated carbocycles. The van der Waals surface area contributed by atoms with E-state index in [1.54, 1.807) is 24.3 Å². The van der Waals surface area contributed by atoms with Gasteiger partial charge in [-0.3, -0.25) is 4.79 Å². The summed E-state index contributed by atoms with van der Waals surface area (Å²) >= 11 is 0. The van der Waals surface area contributed by atoms with E-state index < -0.39 is 5.97 Å². The van der Waals surface area contributed by atoms with E-state index >= 15 is 0 Å². The summed E-state index contributed by atoms with van der Waals surface area (Å²) in [5.74, 6) is -0.0860. The quantitative estimate of drug-likeness (QED) is 0.844. The fourth-order valence-electron chi connectivity index (χ4n) is 2.67. The van der Waals surface area contributed by atoms with Crippen molar-refractivity contribution in [2.45, 2.75) is 38.5 Å². The molecule has 5 nitrogen and oxygen atoms in total. The van der Waals surface area contributed by atoms with Crippen LogP contribution in [0.2, 0.25) is 0 Å². The Bertz CT molecular complexity index is 495. The number of anilines is 1. The van der Waals surface area contributed by atoms with Crippen LogP contribution in [0.4, 0.5) is 5.69 Å². The Balaban J connectivity index is 1.85. The predicted molar refractivity (Wildman–Crippen MR) is 79.4 cm³/mol. The van der Waals surface area contributed by atoms with E-state index in [0.29, 0.717) is 23.8 Å². The molecule has 1 aromatic carbocycles. The van der Waals surface area contributed by atoms with Gasteiger partial charge in [-0.1, -0.05) is 25.3 Å². The van der Waals surface area contributed by atoms with Gasteiger partial charge in [0.15, 0.2) is 6.61 Å². The Morgan fingerprint density at radius 3 is 2.71 bits per heavy atom. The third-order valence-electron chi connectivity index (χ3n) is 3.68. The second kappa shape index (κ2) is 7.67. The second-order valence-corrected chi connectivity index (χ2v) is 5.47. The monoisotopic (exact) mass is 291 g/mol. The lowest BCUT2D eigenvalue weighted by Gasteiger charge is -2.20. The number of carbonyl (C=O) groups excluding carboxylic acids is 1. The number of rotatable bonds is 6. The van der Waals surface area contributed by atoms with E-state index in [1.807, 2.05) is 0 Å². The fraction of sp³-hybridized carbons (Fsp3) is 0.500. The van der Waals surface area contributed by atoms with Gasteiger partial charge in [-0.05, 0) is 30.9 Å². The molecule has 1 aliphatic carbocycles. The molecule has 0 bridgehead atoms. The number of amides is 1. The molecule has 0 radical (unpaired) electrons. The van der Waals surface area contributed by atoms with Crippen LogP contribution >= 0.6 is 0 Å². The summed E-state index contributed by atoms with van der Waals surface area (Å²) in [6, 6.07) is 6.81. The van der Waals surface area contributed by atoms with Crippen LogP contribution in [-0.4, -0.2) is 23.6 Å². The SMILES string of the molecule is O=C(O)COc1cccc(NC(=O)CC2CCCCC2)c1. The van der Waals surface area contributed by atoms with Crippen molar-refractivity contribution < 1.29 is 19.4 Å². The Kier molecular flexibility index (Phi) is 5.60. The van der Waals surface area contributed by atoms with Gasteiger partial charge in [0.05, 0.1) is 0 Å². The van der Waals surface area contributed by atoms with Crippen molar-refractivity contribution in [3.05, 3.63) is 24.3 Å². The van der Waals surface area contributed by atoms with Crippen LogP contribution in [0, 0.1) is 5.92 Å². The number of nitrogens with one attached hydrogen (secondary N) is 1. The number of benzene rings is 1. The van der Waals surface area contributed by atoms with Gasteiger partial charge in [0.2, 0.25) is 5.91 Å².